The van der Waals surface area contributed by atoms with Gasteiger partial charge in [-0.05, 0) is 55.0 Å². The van der Waals surface area contributed by atoms with Gasteiger partial charge in [-0.2, -0.15) is 4.98 Å². The van der Waals surface area contributed by atoms with Crippen molar-refractivity contribution in [3.05, 3.63) is 70.9 Å². The van der Waals surface area contributed by atoms with Crippen LogP contribution in [0.4, 0.5) is 17.5 Å². The summed E-state index contributed by atoms with van der Waals surface area (Å²) in [5.41, 5.74) is 2.34. The van der Waals surface area contributed by atoms with Gasteiger partial charge in [0.25, 0.3) is 5.91 Å². The molecule has 2 aromatic carbocycles. The third-order valence-corrected chi connectivity index (χ3v) is 5.09. The van der Waals surface area contributed by atoms with Crippen molar-refractivity contribution in [1.29, 1.82) is 0 Å². The van der Waals surface area contributed by atoms with Gasteiger partial charge in [-0.15, -0.1) is 0 Å². The second kappa shape index (κ2) is 8.59. The molecular formula is C22H22ClN5O2. The van der Waals surface area contributed by atoms with E-state index in [1.807, 2.05) is 43.3 Å². The number of ether oxygens (including phenoxy) is 1. The zero-order valence-electron chi connectivity index (χ0n) is 16.7. The summed E-state index contributed by atoms with van der Waals surface area (Å²) in [6.07, 6.45) is 1.81. The normalized spacial score (nSPS) is 13.5. The predicted molar refractivity (Wildman–Crippen MR) is 118 cm³/mol. The fourth-order valence-corrected chi connectivity index (χ4v) is 3.45. The molecular weight excluding hydrogens is 402 g/mol. The van der Waals surface area contributed by atoms with Crippen molar-refractivity contribution in [2.24, 2.45) is 0 Å². The van der Waals surface area contributed by atoms with Crippen LogP contribution in [-0.2, 0) is 0 Å². The van der Waals surface area contributed by atoms with E-state index >= 15 is 0 Å². The lowest BCUT2D eigenvalue weighted by molar-refractivity contribution is 0.0963. The Hall–Kier alpha value is -3.32. The van der Waals surface area contributed by atoms with Crippen molar-refractivity contribution in [1.82, 2.24) is 15.3 Å². The van der Waals surface area contributed by atoms with Gasteiger partial charge in [-0.1, -0.05) is 17.7 Å². The standard InChI is InChI=1S/C22H22ClN5O2/c1-14-10-16(23)6-7-19(14)30-18-12-28(13-18)20-8-9-25-22(27-20)26-17-5-3-4-15(11-17)21(29)24-2/h3-11,18H,12-13H2,1-2H3,(H,24,29)(H,25,26,27). The molecule has 0 spiro atoms. The molecule has 30 heavy (non-hydrogen) atoms. The number of benzene rings is 2. The van der Waals surface area contributed by atoms with E-state index in [-0.39, 0.29) is 12.0 Å². The minimum Gasteiger partial charge on any atom is -0.486 e. The van der Waals surface area contributed by atoms with E-state index in [0.717, 1.165) is 35.9 Å². The molecule has 154 valence electrons. The van der Waals surface area contributed by atoms with Crippen LogP contribution in [0.25, 0.3) is 0 Å². The van der Waals surface area contributed by atoms with E-state index in [0.29, 0.717) is 16.5 Å². The second-order valence-electron chi connectivity index (χ2n) is 7.08. The lowest BCUT2D eigenvalue weighted by atomic mass is 10.1. The van der Waals surface area contributed by atoms with Crippen LogP contribution in [-0.4, -0.2) is 42.1 Å². The number of nitrogens with zero attached hydrogens (tertiary/aromatic N) is 3. The van der Waals surface area contributed by atoms with Crippen molar-refractivity contribution in [3.63, 3.8) is 0 Å². The first-order valence-electron chi connectivity index (χ1n) is 9.62. The van der Waals surface area contributed by atoms with Gasteiger partial charge in [-0.3, -0.25) is 4.79 Å². The Morgan fingerprint density at radius 1 is 1.20 bits per heavy atom. The predicted octanol–water partition coefficient (Wildman–Crippen LogP) is 3.81. The third-order valence-electron chi connectivity index (χ3n) is 4.85. The second-order valence-corrected chi connectivity index (χ2v) is 7.51. The van der Waals surface area contributed by atoms with Crippen LogP contribution in [0.1, 0.15) is 15.9 Å². The average Bonchev–Trinajstić information content (AvgIpc) is 2.71. The van der Waals surface area contributed by atoms with Crippen molar-refractivity contribution >= 4 is 35.0 Å². The van der Waals surface area contributed by atoms with Crippen LogP contribution in [0.15, 0.2) is 54.7 Å². The first-order valence-corrected chi connectivity index (χ1v) is 9.99. The number of rotatable bonds is 6. The van der Waals surface area contributed by atoms with Gasteiger partial charge in [-0.25, -0.2) is 4.98 Å². The lowest BCUT2D eigenvalue weighted by Crippen LogP contribution is -2.54. The summed E-state index contributed by atoms with van der Waals surface area (Å²) in [5, 5.41) is 6.48. The van der Waals surface area contributed by atoms with E-state index in [1.165, 1.54) is 0 Å². The van der Waals surface area contributed by atoms with Gasteiger partial charge >= 0.3 is 0 Å². The molecule has 0 saturated carbocycles. The highest BCUT2D eigenvalue weighted by atomic mass is 35.5. The Bertz CT molecular complexity index is 1070. The Labute approximate surface area is 180 Å². The van der Waals surface area contributed by atoms with Crippen LogP contribution in [0, 0.1) is 6.92 Å². The molecule has 1 aliphatic rings. The minimum atomic E-state index is -0.143. The molecule has 1 aliphatic heterocycles. The Morgan fingerprint density at radius 2 is 2.03 bits per heavy atom. The quantitative estimate of drug-likeness (QED) is 0.627. The maximum absolute atomic E-state index is 11.8. The molecule has 8 heteroatoms. The highest BCUT2D eigenvalue weighted by Crippen LogP contribution is 2.27. The number of aryl methyl sites for hydroxylation is 1. The number of aromatic nitrogens is 2. The topological polar surface area (TPSA) is 79.4 Å². The highest BCUT2D eigenvalue weighted by molar-refractivity contribution is 6.30. The van der Waals surface area contributed by atoms with E-state index < -0.39 is 0 Å². The SMILES string of the molecule is CNC(=O)c1cccc(Nc2nccc(N3CC(Oc4ccc(Cl)cc4C)C3)n2)c1. The fourth-order valence-electron chi connectivity index (χ4n) is 3.22. The summed E-state index contributed by atoms with van der Waals surface area (Å²) in [4.78, 5) is 22.8. The first-order chi connectivity index (χ1) is 14.5. The van der Waals surface area contributed by atoms with E-state index in [4.69, 9.17) is 16.3 Å². The molecule has 1 fully saturated rings. The molecule has 0 unspecified atom stereocenters. The monoisotopic (exact) mass is 423 g/mol. The summed E-state index contributed by atoms with van der Waals surface area (Å²) in [7, 11) is 1.60. The number of halogens is 1. The number of amides is 1. The number of hydrogen-bond acceptors (Lipinski definition) is 6. The molecule has 1 amide bonds. The molecule has 0 aliphatic carbocycles. The first kappa shape index (κ1) is 20.0. The van der Waals surface area contributed by atoms with Crippen LogP contribution in [0.5, 0.6) is 5.75 Å². The molecule has 0 atom stereocenters. The molecule has 2 heterocycles. The van der Waals surface area contributed by atoms with Crippen LogP contribution >= 0.6 is 11.6 Å². The molecule has 3 aromatic rings. The number of nitrogens with one attached hydrogen (secondary N) is 2. The van der Waals surface area contributed by atoms with Crippen LogP contribution in [0.2, 0.25) is 5.02 Å². The molecule has 1 aromatic heterocycles. The van der Waals surface area contributed by atoms with Crippen molar-refractivity contribution in [3.8, 4) is 5.75 Å². The van der Waals surface area contributed by atoms with Crippen molar-refractivity contribution in [2.75, 3.05) is 30.4 Å². The molecule has 0 radical (unpaired) electrons. The summed E-state index contributed by atoms with van der Waals surface area (Å²) < 4.78 is 6.06. The molecule has 7 nitrogen and oxygen atoms in total. The van der Waals surface area contributed by atoms with Crippen molar-refractivity contribution in [2.45, 2.75) is 13.0 Å². The summed E-state index contributed by atoms with van der Waals surface area (Å²) in [5.74, 6) is 2.00. The molecule has 1 saturated heterocycles. The summed E-state index contributed by atoms with van der Waals surface area (Å²) in [6.45, 7) is 3.47. The highest BCUT2D eigenvalue weighted by Gasteiger charge is 2.30. The Morgan fingerprint density at radius 3 is 2.80 bits per heavy atom. The van der Waals surface area contributed by atoms with Gasteiger partial charge in [0, 0.05) is 29.5 Å². The van der Waals surface area contributed by atoms with Gasteiger partial charge in [0.15, 0.2) is 0 Å². The van der Waals surface area contributed by atoms with Crippen molar-refractivity contribution < 1.29 is 9.53 Å². The molecule has 4 rings (SSSR count). The minimum absolute atomic E-state index is 0.0977. The van der Waals surface area contributed by atoms with E-state index in [2.05, 4.69) is 25.5 Å². The van der Waals surface area contributed by atoms with Gasteiger partial charge in [0.1, 0.15) is 17.7 Å². The smallest absolute Gasteiger partial charge is 0.251 e. The van der Waals surface area contributed by atoms with Gasteiger partial charge < -0.3 is 20.3 Å². The number of carbonyl (C=O) groups excluding carboxylic acids is 1. The molecule has 2 N–H and O–H groups in total. The zero-order valence-corrected chi connectivity index (χ0v) is 17.5. The summed E-state index contributed by atoms with van der Waals surface area (Å²) >= 11 is 6.01. The van der Waals surface area contributed by atoms with E-state index in [1.54, 1.807) is 25.4 Å². The van der Waals surface area contributed by atoms with Crippen LogP contribution in [0.3, 0.4) is 0 Å². The maximum Gasteiger partial charge on any atom is 0.251 e. The van der Waals surface area contributed by atoms with E-state index in [9.17, 15) is 4.79 Å². The lowest BCUT2D eigenvalue weighted by Gasteiger charge is -2.40. The van der Waals surface area contributed by atoms with Gasteiger partial charge in [0.2, 0.25) is 5.95 Å². The van der Waals surface area contributed by atoms with Crippen LogP contribution < -0.4 is 20.3 Å². The number of hydrogen-bond donors (Lipinski definition) is 2. The summed E-state index contributed by atoms with van der Waals surface area (Å²) in [6, 6.07) is 14.7. The number of anilines is 3. The largest absolute Gasteiger partial charge is 0.486 e. The third kappa shape index (κ3) is 4.46. The Kier molecular flexibility index (Phi) is 5.72. The Balaban J connectivity index is 1.38. The van der Waals surface area contributed by atoms with Gasteiger partial charge in [0.05, 0.1) is 13.1 Å². The average molecular weight is 424 g/mol. The maximum atomic E-state index is 11.8. The number of carbonyl (C=O) groups is 1. The zero-order chi connectivity index (χ0) is 21.1. The molecule has 0 bridgehead atoms. The fraction of sp³-hybridized carbons (Fsp3) is 0.227.